The van der Waals surface area contributed by atoms with E-state index in [-0.39, 0.29) is 5.91 Å². The fraction of sp³-hybridized carbons (Fsp3) is 0.111. The minimum absolute atomic E-state index is 0.311. The smallest absolute Gasteiger partial charge is 0.265 e. The molecule has 2 aromatic carbocycles. The predicted molar refractivity (Wildman–Crippen MR) is 88.3 cm³/mol. The Morgan fingerprint density at radius 2 is 1.82 bits per heavy atom. The van der Waals surface area contributed by atoms with Crippen LogP contribution in [0.5, 0.6) is 0 Å². The summed E-state index contributed by atoms with van der Waals surface area (Å²) < 4.78 is 0. The number of benzene rings is 2. The average Bonchev–Trinajstić information content (AvgIpc) is 2.54. The molecule has 0 unspecified atom stereocenters. The maximum Gasteiger partial charge on any atom is 0.265 e. The van der Waals surface area contributed by atoms with Gasteiger partial charge in [-0.1, -0.05) is 42.0 Å². The van der Waals surface area contributed by atoms with E-state index < -0.39 is 0 Å². The first-order chi connectivity index (χ1) is 10.6. The van der Waals surface area contributed by atoms with Gasteiger partial charge in [-0.3, -0.25) is 10.2 Å². The normalized spacial score (nSPS) is 10.7. The number of nitrogens with two attached hydrogens (primary N) is 1. The average molecular weight is 291 g/mol. The minimum Gasteiger partial charge on any atom is -0.290 e. The van der Waals surface area contributed by atoms with Gasteiger partial charge in [-0.15, -0.1) is 0 Å². The number of aromatic nitrogens is 1. The van der Waals surface area contributed by atoms with Gasteiger partial charge in [0.1, 0.15) is 0 Å². The van der Waals surface area contributed by atoms with E-state index in [0.717, 1.165) is 33.3 Å². The number of aryl methyl sites for hydroxylation is 2. The SMILES string of the molecule is Cc1cc(C)c2nc(-c3ccccc3)cc(C(=O)NN)c2c1. The maximum absolute atomic E-state index is 12.2. The standard InChI is InChI=1S/C18H17N3O/c1-11-8-12(2)17-14(9-11)15(18(22)21-19)10-16(20-17)13-6-4-3-5-7-13/h3-10H,19H2,1-2H3,(H,21,22). The molecule has 3 N–H and O–H groups in total. The summed E-state index contributed by atoms with van der Waals surface area (Å²) in [4.78, 5) is 16.9. The lowest BCUT2D eigenvalue weighted by Gasteiger charge is -2.11. The lowest BCUT2D eigenvalue weighted by molar-refractivity contribution is 0.0955. The van der Waals surface area contributed by atoms with Gasteiger partial charge >= 0.3 is 0 Å². The molecule has 4 nitrogen and oxygen atoms in total. The van der Waals surface area contributed by atoms with Gasteiger partial charge in [-0.2, -0.15) is 0 Å². The van der Waals surface area contributed by atoms with Crippen LogP contribution in [-0.2, 0) is 0 Å². The van der Waals surface area contributed by atoms with Crippen molar-refractivity contribution >= 4 is 16.8 Å². The van der Waals surface area contributed by atoms with E-state index >= 15 is 0 Å². The Kier molecular flexibility index (Phi) is 3.61. The van der Waals surface area contributed by atoms with Gasteiger partial charge in [0.05, 0.1) is 16.8 Å². The summed E-state index contributed by atoms with van der Waals surface area (Å²) in [5.74, 6) is 5.03. The van der Waals surface area contributed by atoms with Crippen LogP contribution < -0.4 is 11.3 Å². The summed E-state index contributed by atoms with van der Waals surface area (Å²) in [6, 6.07) is 15.6. The quantitative estimate of drug-likeness (QED) is 0.433. The van der Waals surface area contributed by atoms with Gasteiger partial charge in [-0.25, -0.2) is 10.8 Å². The number of nitrogen functional groups attached to an aromatic ring is 1. The number of carbonyl (C=O) groups is 1. The number of hydrogen-bond donors (Lipinski definition) is 2. The topological polar surface area (TPSA) is 68.0 Å². The number of rotatable bonds is 2. The highest BCUT2D eigenvalue weighted by atomic mass is 16.2. The lowest BCUT2D eigenvalue weighted by atomic mass is 9.99. The zero-order valence-electron chi connectivity index (χ0n) is 12.6. The Bertz CT molecular complexity index is 857. The Morgan fingerprint density at radius 1 is 1.09 bits per heavy atom. The van der Waals surface area contributed by atoms with E-state index in [2.05, 4.69) is 11.5 Å². The molecule has 4 heteroatoms. The molecule has 0 fully saturated rings. The maximum atomic E-state index is 12.2. The second kappa shape index (κ2) is 5.58. The summed E-state index contributed by atoms with van der Waals surface area (Å²) in [6.45, 7) is 4.00. The molecule has 1 aromatic heterocycles. The Morgan fingerprint density at radius 3 is 2.50 bits per heavy atom. The summed E-state index contributed by atoms with van der Waals surface area (Å²) in [5, 5.41) is 0.820. The fourth-order valence-corrected chi connectivity index (χ4v) is 2.70. The van der Waals surface area contributed by atoms with Crippen molar-refractivity contribution in [2.75, 3.05) is 0 Å². The predicted octanol–water partition coefficient (Wildman–Crippen LogP) is 3.12. The molecule has 3 rings (SSSR count). The van der Waals surface area contributed by atoms with E-state index in [4.69, 9.17) is 10.8 Å². The van der Waals surface area contributed by atoms with Gasteiger partial charge in [0, 0.05) is 10.9 Å². The molecule has 0 radical (unpaired) electrons. The molecule has 0 aliphatic rings. The Hall–Kier alpha value is -2.72. The van der Waals surface area contributed by atoms with Crippen molar-refractivity contribution in [2.24, 2.45) is 5.84 Å². The zero-order chi connectivity index (χ0) is 15.7. The number of fused-ring (bicyclic) bond motifs is 1. The largest absolute Gasteiger partial charge is 0.290 e. The molecule has 1 amide bonds. The third-order valence-electron chi connectivity index (χ3n) is 3.69. The summed E-state index contributed by atoms with van der Waals surface area (Å²) >= 11 is 0. The van der Waals surface area contributed by atoms with Crippen molar-refractivity contribution in [1.82, 2.24) is 10.4 Å². The Labute approximate surface area is 129 Å². The van der Waals surface area contributed by atoms with Gasteiger partial charge in [-0.05, 0) is 31.5 Å². The molecule has 0 atom stereocenters. The molecular formula is C18H17N3O. The summed E-state index contributed by atoms with van der Waals surface area (Å²) in [6.07, 6.45) is 0. The van der Waals surface area contributed by atoms with Crippen molar-refractivity contribution in [3.8, 4) is 11.3 Å². The number of nitrogens with zero attached hydrogens (tertiary/aromatic N) is 1. The van der Waals surface area contributed by atoms with Crippen LogP contribution in [0.2, 0.25) is 0 Å². The molecule has 3 aromatic rings. The third kappa shape index (κ3) is 2.44. The molecule has 0 saturated heterocycles. The van der Waals surface area contributed by atoms with Crippen molar-refractivity contribution in [2.45, 2.75) is 13.8 Å². The highest BCUT2D eigenvalue weighted by Gasteiger charge is 2.14. The molecule has 0 saturated carbocycles. The van der Waals surface area contributed by atoms with E-state index in [9.17, 15) is 4.79 Å². The molecule has 0 aliphatic heterocycles. The van der Waals surface area contributed by atoms with Crippen LogP contribution in [0.15, 0.2) is 48.5 Å². The van der Waals surface area contributed by atoms with Crippen LogP contribution in [0.4, 0.5) is 0 Å². The van der Waals surface area contributed by atoms with Crippen LogP contribution in [-0.4, -0.2) is 10.9 Å². The number of hydrazine groups is 1. The van der Waals surface area contributed by atoms with E-state index in [0.29, 0.717) is 5.56 Å². The number of amides is 1. The molecular weight excluding hydrogens is 274 g/mol. The van der Waals surface area contributed by atoms with Crippen LogP contribution in [0.1, 0.15) is 21.5 Å². The fourth-order valence-electron chi connectivity index (χ4n) is 2.70. The zero-order valence-corrected chi connectivity index (χ0v) is 12.6. The van der Waals surface area contributed by atoms with Crippen molar-refractivity contribution in [3.05, 3.63) is 65.2 Å². The third-order valence-corrected chi connectivity index (χ3v) is 3.69. The highest BCUT2D eigenvalue weighted by molar-refractivity contribution is 6.07. The van der Waals surface area contributed by atoms with Crippen molar-refractivity contribution in [1.29, 1.82) is 0 Å². The van der Waals surface area contributed by atoms with E-state index in [1.54, 1.807) is 6.07 Å². The summed E-state index contributed by atoms with van der Waals surface area (Å²) in [5.41, 5.74) is 7.45. The van der Waals surface area contributed by atoms with Crippen LogP contribution in [0.25, 0.3) is 22.2 Å². The second-order valence-corrected chi connectivity index (χ2v) is 5.37. The molecule has 0 bridgehead atoms. The molecule has 0 aliphatic carbocycles. The van der Waals surface area contributed by atoms with Gasteiger partial charge < -0.3 is 0 Å². The number of hydrogen-bond acceptors (Lipinski definition) is 3. The number of pyridine rings is 1. The first kappa shape index (κ1) is 14.2. The molecule has 0 spiro atoms. The van der Waals surface area contributed by atoms with E-state index in [1.165, 1.54) is 0 Å². The minimum atomic E-state index is -0.311. The first-order valence-corrected chi connectivity index (χ1v) is 7.08. The second-order valence-electron chi connectivity index (χ2n) is 5.37. The lowest BCUT2D eigenvalue weighted by Crippen LogP contribution is -2.30. The molecule has 110 valence electrons. The number of carbonyl (C=O) groups excluding carboxylic acids is 1. The van der Waals surface area contributed by atoms with Crippen LogP contribution >= 0.6 is 0 Å². The Balaban J connectivity index is 2.36. The number of nitrogens with one attached hydrogen (secondary N) is 1. The monoisotopic (exact) mass is 291 g/mol. The molecule has 1 heterocycles. The van der Waals surface area contributed by atoms with Crippen molar-refractivity contribution in [3.63, 3.8) is 0 Å². The van der Waals surface area contributed by atoms with Gasteiger partial charge in [0.25, 0.3) is 5.91 Å². The van der Waals surface area contributed by atoms with Gasteiger partial charge in [0.2, 0.25) is 0 Å². The highest BCUT2D eigenvalue weighted by Crippen LogP contribution is 2.27. The van der Waals surface area contributed by atoms with Crippen LogP contribution in [0.3, 0.4) is 0 Å². The van der Waals surface area contributed by atoms with Gasteiger partial charge in [0.15, 0.2) is 0 Å². The van der Waals surface area contributed by atoms with Crippen LogP contribution in [0, 0.1) is 13.8 Å². The van der Waals surface area contributed by atoms with Crippen molar-refractivity contribution < 1.29 is 4.79 Å². The van der Waals surface area contributed by atoms with E-state index in [1.807, 2.05) is 50.2 Å². The first-order valence-electron chi connectivity index (χ1n) is 7.08. The molecule has 22 heavy (non-hydrogen) atoms. The summed E-state index contributed by atoms with van der Waals surface area (Å²) in [7, 11) is 0.